The molecule has 0 aliphatic rings. The maximum absolute atomic E-state index is 12.4. The molecule has 0 bridgehead atoms. The van der Waals surface area contributed by atoms with E-state index >= 15 is 0 Å². The summed E-state index contributed by atoms with van der Waals surface area (Å²) in [6.45, 7) is 4.55. The van der Waals surface area contributed by atoms with Crippen LogP contribution in [-0.2, 0) is 10.0 Å². The highest BCUT2D eigenvalue weighted by atomic mass is 35.5. The van der Waals surface area contributed by atoms with Gasteiger partial charge in [0, 0.05) is 12.3 Å². The molecule has 3 rings (SSSR count). The molecule has 0 saturated carbocycles. The number of rotatable bonds is 7. The highest BCUT2D eigenvalue weighted by molar-refractivity contribution is 7.90. The SMILES string of the molecule is CC(C)COc1ccn(-c2ccc(C(=O)NS(=O)(=O)c3cccc(N)n3)c(Cl)n2)n1. The number of carbonyl (C=O) groups is 1. The number of ether oxygens (including phenoxy) is 1. The highest BCUT2D eigenvalue weighted by Crippen LogP contribution is 2.18. The van der Waals surface area contributed by atoms with Crippen molar-refractivity contribution in [2.75, 3.05) is 12.3 Å². The summed E-state index contributed by atoms with van der Waals surface area (Å²) in [4.78, 5) is 20.2. The van der Waals surface area contributed by atoms with Gasteiger partial charge in [-0.05, 0) is 30.2 Å². The van der Waals surface area contributed by atoms with Crippen molar-refractivity contribution in [3.63, 3.8) is 0 Å². The van der Waals surface area contributed by atoms with Gasteiger partial charge >= 0.3 is 0 Å². The molecule has 158 valence electrons. The Morgan fingerprint density at radius 2 is 2.00 bits per heavy atom. The van der Waals surface area contributed by atoms with Gasteiger partial charge in [-0.25, -0.2) is 19.4 Å². The minimum absolute atomic E-state index is 0.00495. The van der Waals surface area contributed by atoms with E-state index < -0.39 is 15.9 Å². The molecular formula is C18H19ClN6O4S. The molecule has 3 aromatic heterocycles. The summed E-state index contributed by atoms with van der Waals surface area (Å²) in [5, 5.41) is 3.65. The number of nitrogens with zero attached hydrogens (tertiary/aromatic N) is 4. The van der Waals surface area contributed by atoms with Gasteiger partial charge < -0.3 is 10.5 Å². The number of hydrogen-bond acceptors (Lipinski definition) is 8. The third-order valence-electron chi connectivity index (χ3n) is 3.69. The summed E-state index contributed by atoms with van der Waals surface area (Å²) in [6, 6.07) is 8.54. The summed E-state index contributed by atoms with van der Waals surface area (Å²) in [5.74, 6) is 0.148. The number of pyridine rings is 2. The van der Waals surface area contributed by atoms with E-state index in [1.54, 1.807) is 12.3 Å². The van der Waals surface area contributed by atoms with Gasteiger partial charge in [0.15, 0.2) is 10.8 Å². The summed E-state index contributed by atoms with van der Waals surface area (Å²) < 4.78 is 33.5. The molecule has 0 fully saturated rings. The number of halogens is 1. The Bertz CT molecular complexity index is 1180. The van der Waals surface area contributed by atoms with Crippen molar-refractivity contribution >= 4 is 33.3 Å². The van der Waals surface area contributed by atoms with Crippen molar-refractivity contribution in [1.82, 2.24) is 24.5 Å². The lowest BCUT2D eigenvalue weighted by molar-refractivity contribution is 0.0981. The second-order valence-corrected chi connectivity index (χ2v) is 8.63. The number of anilines is 1. The quantitative estimate of drug-likeness (QED) is 0.520. The van der Waals surface area contributed by atoms with E-state index in [2.05, 4.69) is 15.1 Å². The molecular weight excluding hydrogens is 432 g/mol. The van der Waals surface area contributed by atoms with Crippen LogP contribution in [0.5, 0.6) is 5.88 Å². The van der Waals surface area contributed by atoms with Crippen LogP contribution in [0.15, 0.2) is 47.6 Å². The Morgan fingerprint density at radius 3 is 2.67 bits per heavy atom. The zero-order valence-electron chi connectivity index (χ0n) is 16.1. The maximum Gasteiger partial charge on any atom is 0.281 e. The average molecular weight is 451 g/mol. The fourth-order valence-corrected chi connectivity index (χ4v) is 3.47. The second kappa shape index (κ2) is 8.67. The largest absolute Gasteiger partial charge is 0.476 e. The van der Waals surface area contributed by atoms with Crippen LogP contribution in [0.2, 0.25) is 5.15 Å². The van der Waals surface area contributed by atoms with Crippen LogP contribution in [-0.4, -0.2) is 40.7 Å². The second-order valence-electron chi connectivity index (χ2n) is 6.65. The van der Waals surface area contributed by atoms with Crippen LogP contribution in [0.25, 0.3) is 5.82 Å². The standard InChI is InChI=1S/C18H19ClN6O4S/c1-11(2)10-29-15-8-9-25(23-15)14-7-6-12(17(19)22-14)18(26)24-30(27,28)16-5-3-4-13(20)21-16/h3-9,11H,10H2,1-2H3,(H2,20,21)(H,24,26). The molecule has 0 unspecified atom stereocenters. The number of sulfonamides is 1. The highest BCUT2D eigenvalue weighted by Gasteiger charge is 2.22. The number of carbonyl (C=O) groups excluding carboxylic acids is 1. The van der Waals surface area contributed by atoms with E-state index in [4.69, 9.17) is 22.1 Å². The van der Waals surface area contributed by atoms with Crippen molar-refractivity contribution in [2.45, 2.75) is 18.9 Å². The minimum Gasteiger partial charge on any atom is -0.476 e. The fourth-order valence-electron chi connectivity index (χ4n) is 2.30. The molecule has 10 nitrogen and oxygen atoms in total. The van der Waals surface area contributed by atoms with Crippen LogP contribution in [0.4, 0.5) is 5.82 Å². The molecule has 3 heterocycles. The Labute approximate surface area is 178 Å². The molecule has 12 heteroatoms. The topological polar surface area (TPSA) is 142 Å². The van der Waals surface area contributed by atoms with Crippen molar-refractivity contribution in [3.8, 4) is 11.7 Å². The lowest BCUT2D eigenvalue weighted by atomic mass is 10.2. The van der Waals surface area contributed by atoms with Crippen LogP contribution in [0.1, 0.15) is 24.2 Å². The minimum atomic E-state index is -4.23. The average Bonchev–Trinajstić information content (AvgIpc) is 3.15. The summed E-state index contributed by atoms with van der Waals surface area (Å²) in [6.07, 6.45) is 1.63. The van der Waals surface area contributed by atoms with Crippen LogP contribution in [0, 0.1) is 5.92 Å². The van der Waals surface area contributed by atoms with Crippen molar-refractivity contribution in [3.05, 3.63) is 53.3 Å². The first kappa shape index (κ1) is 21.5. The molecule has 3 N–H and O–H groups in total. The monoisotopic (exact) mass is 450 g/mol. The number of nitrogens with one attached hydrogen (secondary N) is 1. The zero-order valence-corrected chi connectivity index (χ0v) is 17.7. The number of amides is 1. The van der Waals surface area contributed by atoms with Crippen LogP contribution < -0.4 is 15.2 Å². The normalized spacial score (nSPS) is 11.5. The van der Waals surface area contributed by atoms with Crippen molar-refractivity contribution < 1.29 is 17.9 Å². The first-order chi connectivity index (χ1) is 14.2. The molecule has 30 heavy (non-hydrogen) atoms. The van der Waals surface area contributed by atoms with Crippen molar-refractivity contribution in [1.29, 1.82) is 0 Å². The Kier molecular flexibility index (Phi) is 6.22. The molecule has 0 saturated heterocycles. The Balaban J connectivity index is 1.77. The molecule has 0 aliphatic carbocycles. The van der Waals surface area contributed by atoms with Gasteiger partial charge in [0.2, 0.25) is 5.88 Å². The first-order valence-electron chi connectivity index (χ1n) is 8.81. The Hall–Kier alpha value is -3.18. The zero-order chi connectivity index (χ0) is 21.9. The van der Waals surface area contributed by atoms with Gasteiger partial charge in [-0.2, -0.15) is 8.42 Å². The number of aromatic nitrogens is 4. The van der Waals surface area contributed by atoms with Crippen molar-refractivity contribution in [2.24, 2.45) is 5.92 Å². The summed E-state index contributed by atoms with van der Waals surface area (Å²) >= 11 is 6.11. The smallest absolute Gasteiger partial charge is 0.281 e. The summed E-state index contributed by atoms with van der Waals surface area (Å²) in [5.41, 5.74) is 5.36. The van der Waals surface area contributed by atoms with Crippen LogP contribution in [0.3, 0.4) is 0 Å². The molecule has 0 aromatic carbocycles. The van der Waals surface area contributed by atoms with E-state index in [1.165, 1.54) is 35.0 Å². The molecule has 0 aliphatic heterocycles. The Morgan fingerprint density at radius 1 is 1.23 bits per heavy atom. The molecule has 0 spiro atoms. The predicted molar refractivity (Wildman–Crippen MR) is 110 cm³/mol. The maximum atomic E-state index is 12.4. The van der Waals surface area contributed by atoms with Gasteiger partial charge in [-0.3, -0.25) is 4.79 Å². The molecule has 0 radical (unpaired) electrons. The number of hydrogen-bond donors (Lipinski definition) is 2. The molecule has 3 aromatic rings. The third kappa shape index (κ3) is 5.05. The lowest BCUT2D eigenvalue weighted by Crippen LogP contribution is -2.31. The molecule has 1 amide bonds. The van der Waals surface area contributed by atoms with Gasteiger partial charge in [0.25, 0.3) is 15.9 Å². The van der Waals surface area contributed by atoms with E-state index in [0.29, 0.717) is 24.2 Å². The van der Waals surface area contributed by atoms with E-state index in [9.17, 15) is 13.2 Å². The molecule has 0 atom stereocenters. The fraction of sp³-hybridized carbons (Fsp3) is 0.222. The lowest BCUT2D eigenvalue weighted by Gasteiger charge is -2.09. The van der Waals surface area contributed by atoms with Gasteiger partial charge in [-0.1, -0.05) is 31.5 Å². The number of nitrogens with two attached hydrogens (primary N) is 1. The predicted octanol–water partition coefficient (Wildman–Crippen LogP) is 2.05. The van der Waals surface area contributed by atoms with Gasteiger partial charge in [-0.15, -0.1) is 5.10 Å². The van der Waals surface area contributed by atoms with E-state index in [1.807, 2.05) is 18.6 Å². The summed E-state index contributed by atoms with van der Waals surface area (Å²) in [7, 11) is -4.23. The van der Waals surface area contributed by atoms with E-state index in [-0.39, 0.29) is 21.6 Å². The first-order valence-corrected chi connectivity index (χ1v) is 10.7. The van der Waals surface area contributed by atoms with Crippen LogP contribution >= 0.6 is 11.6 Å². The van der Waals surface area contributed by atoms with E-state index in [0.717, 1.165) is 0 Å². The van der Waals surface area contributed by atoms with Gasteiger partial charge in [0.05, 0.1) is 12.2 Å². The third-order valence-corrected chi connectivity index (χ3v) is 5.21. The van der Waals surface area contributed by atoms with Gasteiger partial charge in [0.1, 0.15) is 11.0 Å². The number of nitrogen functional groups attached to an aromatic ring is 1.